The van der Waals surface area contributed by atoms with E-state index < -0.39 is 6.04 Å². The minimum absolute atomic E-state index is 0.0684. The van der Waals surface area contributed by atoms with Crippen molar-refractivity contribution >= 4 is 23.2 Å². The van der Waals surface area contributed by atoms with Crippen LogP contribution in [0.5, 0.6) is 11.5 Å². The smallest absolute Gasteiger partial charge is 0.241 e. The Morgan fingerprint density at radius 3 is 2.57 bits per heavy atom. The minimum atomic E-state index is -0.509. The summed E-state index contributed by atoms with van der Waals surface area (Å²) < 4.78 is 10.7. The van der Waals surface area contributed by atoms with Gasteiger partial charge in [0.05, 0.1) is 32.0 Å². The first kappa shape index (κ1) is 21.2. The number of hydrogen-bond donors (Lipinski definition) is 2. The number of hydrogen-bond acceptors (Lipinski definition) is 5. The maximum absolute atomic E-state index is 12.6. The van der Waals surface area contributed by atoms with E-state index in [0.29, 0.717) is 29.5 Å². The highest BCUT2D eigenvalue weighted by molar-refractivity contribution is 5.97. The molecule has 1 unspecified atom stereocenters. The summed E-state index contributed by atoms with van der Waals surface area (Å²) in [6.45, 7) is 4.21. The van der Waals surface area contributed by atoms with E-state index in [1.165, 1.54) is 0 Å². The minimum Gasteiger partial charge on any atom is -0.497 e. The van der Waals surface area contributed by atoms with Crippen molar-refractivity contribution in [1.82, 2.24) is 4.90 Å². The highest BCUT2D eigenvalue weighted by Gasteiger charge is 2.21. The van der Waals surface area contributed by atoms with Crippen molar-refractivity contribution in [3.05, 3.63) is 48.5 Å². The Labute approximate surface area is 165 Å². The number of anilines is 2. The summed E-state index contributed by atoms with van der Waals surface area (Å²) in [5, 5.41) is 5.66. The monoisotopic (exact) mass is 385 g/mol. The molecule has 28 heavy (non-hydrogen) atoms. The molecule has 0 saturated heterocycles. The Morgan fingerprint density at radius 2 is 1.86 bits per heavy atom. The molecule has 0 aliphatic heterocycles. The Bertz CT molecular complexity index is 810. The number of likely N-dealkylation sites (N-methyl/N-ethyl adjacent to an activating group) is 1. The zero-order valence-corrected chi connectivity index (χ0v) is 16.7. The molecule has 7 nitrogen and oxygen atoms in total. The van der Waals surface area contributed by atoms with Gasteiger partial charge in [0.25, 0.3) is 0 Å². The summed E-state index contributed by atoms with van der Waals surface area (Å²) >= 11 is 0. The molecule has 2 aromatic carbocycles. The fourth-order valence-electron chi connectivity index (χ4n) is 2.55. The third-order valence-corrected chi connectivity index (χ3v) is 4.23. The van der Waals surface area contributed by atoms with Gasteiger partial charge in [-0.1, -0.05) is 18.2 Å². The summed E-state index contributed by atoms with van der Waals surface area (Å²) in [6.07, 6.45) is 0. The largest absolute Gasteiger partial charge is 0.497 e. The number of methoxy groups -OCH3 is 1. The molecule has 150 valence electrons. The van der Waals surface area contributed by atoms with Crippen molar-refractivity contribution in [3.63, 3.8) is 0 Å². The second-order valence-corrected chi connectivity index (χ2v) is 6.29. The first-order valence-electron chi connectivity index (χ1n) is 9.11. The molecule has 0 aromatic heterocycles. The predicted octanol–water partition coefficient (Wildman–Crippen LogP) is 2.99. The van der Waals surface area contributed by atoms with Crippen LogP contribution in [0.3, 0.4) is 0 Å². The van der Waals surface area contributed by atoms with Crippen LogP contribution >= 0.6 is 0 Å². The van der Waals surface area contributed by atoms with Gasteiger partial charge < -0.3 is 20.1 Å². The van der Waals surface area contributed by atoms with Gasteiger partial charge >= 0.3 is 0 Å². The van der Waals surface area contributed by atoms with Gasteiger partial charge in [0.15, 0.2) is 0 Å². The van der Waals surface area contributed by atoms with Gasteiger partial charge in [0.2, 0.25) is 11.8 Å². The second kappa shape index (κ2) is 10.3. The molecule has 2 aromatic rings. The zero-order chi connectivity index (χ0) is 20.5. The van der Waals surface area contributed by atoms with Crippen LogP contribution in [0.25, 0.3) is 0 Å². The van der Waals surface area contributed by atoms with Gasteiger partial charge in [0.1, 0.15) is 11.5 Å². The molecule has 0 fully saturated rings. The lowest BCUT2D eigenvalue weighted by atomic mass is 10.2. The molecule has 2 N–H and O–H groups in total. The lowest BCUT2D eigenvalue weighted by Gasteiger charge is -2.23. The van der Waals surface area contributed by atoms with Crippen LogP contribution in [-0.2, 0) is 9.59 Å². The lowest BCUT2D eigenvalue weighted by Crippen LogP contribution is -2.43. The van der Waals surface area contributed by atoms with Crippen molar-refractivity contribution in [2.45, 2.75) is 19.9 Å². The Kier molecular flexibility index (Phi) is 7.83. The van der Waals surface area contributed by atoms with Gasteiger partial charge in [-0.25, -0.2) is 0 Å². The molecule has 0 bridgehead atoms. The maximum atomic E-state index is 12.6. The fourth-order valence-corrected chi connectivity index (χ4v) is 2.55. The standard InChI is InChI=1S/C21H27N3O4/c1-5-28-19-12-7-6-11-18(19)23-21(26)15(2)24(3)14-20(25)22-16-9-8-10-17(13-16)27-4/h6-13,15H,5,14H2,1-4H3,(H,22,25)(H,23,26). The van der Waals surface area contributed by atoms with E-state index >= 15 is 0 Å². The molecule has 0 aliphatic carbocycles. The third-order valence-electron chi connectivity index (χ3n) is 4.23. The molecule has 0 saturated carbocycles. The number of para-hydroxylation sites is 2. The number of ether oxygens (including phenoxy) is 2. The lowest BCUT2D eigenvalue weighted by molar-refractivity contribution is -0.122. The quantitative estimate of drug-likeness (QED) is 0.694. The van der Waals surface area contributed by atoms with Gasteiger partial charge in [-0.15, -0.1) is 0 Å². The third kappa shape index (κ3) is 5.99. The van der Waals surface area contributed by atoms with Crippen molar-refractivity contribution in [2.24, 2.45) is 0 Å². The first-order valence-corrected chi connectivity index (χ1v) is 9.11. The van der Waals surface area contributed by atoms with Crippen molar-refractivity contribution in [2.75, 3.05) is 37.9 Å². The number of amides is 2. The Balaban J connectivity index is 1.93. The average molecular weight is 385 g/mol. The van der Waals surface area contributed by atoms with E-state index in [-0.39, 0.29) is 18.4 Å². The van der Waals surface area contributed by atoms with Crippen molar-refractivity contribution in [1.29, 1.82) is 0 Å². The number of carbonyl (C=O) groups excluding carboxylic acids is 2. The van der Waals surface area contributed by atoms with Crippen LogP contribution < -0.4 is 20.1 Å². The van der Waals surface area contributed by atoms with Crippen LogP contribution in [0.4, 0.5) is 11.4 Å². The molecule has 0 heterocycles. The Morgan fingerprint density at radius 1 is 1.11 bits per heavy atom. The highest BCUT2D eigenvalue weighted by Crippen LogP contribution is 2.24. The summed E-state index contributed by atoms with van der Waals surface area (Å²) in [4.78, 5) is 26.6. The van der Waals surface area contributed by atoms with E-state index in [4.69, 9.17) is 9.47 Å². The predicted molar refractivity (Wildman–Crippen MR) is 110 cm³/mol. The summed E-state index contributed by atoms with van der Waals surface area (Å²) in [5.74, 6) is 0.838. The fraction of sp³-hybridized carbons (Fsp3) is 0.333. The van der Waals surface area contributed by atoms with Gasteiger partial charge in [-0.05, 0) is 45.2 Å². The maximum Gasteiger partial charge on any atom is 0.241 e. The number of rotatable bonds is 9. The molecule has 2 rings (SSSR count). The number of nitrogens with one attached hydrogen (secondary N) is 2. The highest BCUT2D eigenvalue weighted by atomic mass is 16.5. The number of carbonyl (C=O) groups is 2. The van der Waals surface area contributed by atoms with Crippen LogP contribution in [0, 0.1) is 0 Å². The van der Waals surface area contributed by atoms with Crippen LogP contribution in [-0.4, -0.2) is 50.1 Å². The second-order valence-electron chi connectivity index (χ2n) is 6.29. The van der Waals surface area contributed by atoms with E-state index in [1.807, 2.05) is 19.1 Å². The Hall–Kier alpha value is -3.06. The SMILES string of the molecule is CCOc1ccccc1NC(=O)C(C)N(C)CC(=O)Nc1cccc(OC)c1. The van der Waals surface area contributed by atoms with Gasteiger partial charge in [-0.2, -0.15) is 0 Å². The van der Waals surface area contributed by atoms with Gasteiger partial charge in [0, 0.05) is 11.8 Å². The summed E-state index contributed by atoms with van der Waals surface area (Å²) in [5.41, 5.74) is 1.25. The van der Waals surface area contributed by atoms with Gasteiger partial charge in [-0.3, -0.25) is 14.5 Å². The summed E-state index contributed by atoms with van der Waals surface area (Å²) in [6, 6.07) is 13.9. The average Bonchev–Trinajstić information content (AvgIpc) is 2.69. The van der Waals surface area contributed by atoms with Crippen LogP contribution in [0.15, 0.2) is 48.5 Å². The van der Waals surface area contributed by atoms with E-state index in [1.54, 1.807) is 62.4 Å². The molecule has 2 amide bonds. The number of benzene rings is 2. The molecule has 1 atom stereocenters. The van der Waals surface area contributed by atoms with E-state index in [2.05, 4.69) is 10.6 Å². The van der Waals surface area contributed by atoms with Crippen molar-refractivity contribution < 1.29 is 19.1 Å². The summed E-state index contributed by atoms with van der Waals surface area (Å²) in [7, 11) is 3.29. The van der Waals surface area contributed by atoms with E-state index in [9.17, 15) is 9.59 Å². The molecule has 0 spiro atoms. The molecular formula is C21H27N3O4. The molecule has 7 heteroatoms. The van der Waals surface area contributed by atoms with Crippen molar-refractivity contribution in [3.8, 4) is 11.5 Å². The zero-order valence-electron chi connectivity index (χ0n) is 16.7. The molecule has 0 radical (unpaired) electrons. The topological polar surface area (TPSA) is 79.9 Å². The molecular weight excluding hydrogens is 358 g/mol. The number of nitrogens with zero attached hydrogens (tertiary/aromatic N) is 1. The van der Waals surface area contributed by atoms with Crippen LogP contribution in [0.2, 0.25) is 0 Å². The molecule has 0 aliphatic rings. The normalized spacial score (nSPS) is 11.6. The van der Waals surface area contributed by atoms with Crippen LogP contribution in [0.1, 0.15) is 13.8 Å². The first-order chi connectivity index (χ1) is 13.4. The van der Waals surface area contributed by atoms with E-state index in [0.717, 1.165) is 0 Å².